The molecule has 2 atom stereocenters. The summed E-state index contributed by atoms with van der Waals surface area (Å²) in [6.45, 7) is 3.00. The highest BCUT2D eigenvalue weighted by Crippen LogP contribution is 2.13. The van der Waals surface area contributed by atoms with Gasteiger partial charge in [-0.15, -0.1) is 0 Å². The topological polar surface area (TPSA) is 69.6 Å². The van der Waals surface area contributed by atoms with E-state index in [1.165, 1.54) is 6.92 Å². The van der Waals surface area contributed by atoms with Crippen LogP contribution in [0.3, 0.4) is 0 Å². The maximum absolute atomic E-state index is 11.3. The SMILES string of the molecule is CC(C(=O)O)C(=O)NCC1CCCN1C. The lowest BCUT2D eigenvalue weighted by atomic mass is 10.1. The van der Waals surface area contributed by atoms with Crippen molar-refractivity contribution in [3.05, 3.63) is 0 Å². The average Bonchev–Trinajstić information content (AvgIpc) is 2.59. The number of rotatable bonds is 4. The first kappa shape index (κ1) is 12.0. The van der Waals surface area contributed by atoms with Gasteiger partial charge in [0.15, 0.2) is 0 Å². The maximum atomic E-state index is 11.3. The van der Waals surface area contributed by atoms with E-state index in [4.69, 9.17) is 5.11 Å². The van der Waals surface area contributed by atoms with Gasteiger partial charge in [0.05, 0.1) is 0 Å². The summed E-state index contributed by atoms with van der Waals surface area (Å²) in [7, 11) is 2.02. The van der Waals surface area contributed by atoms with Crippen molar-refractivity contribution in [1.82, 2.24) is 10.2 Å². The fourth-order valence-electron chi connectivity index (χ4n) is 1.72. The van der Waals surface area contributed by atoms with E-state index in [-0.39, 0.29) is 0 Å². The second kappa shape index (κ2) is 5.11. The van der Waals surface area contributed by atoms with Crippen molar-refractivity contribution < 1.29 is 14.7 Å². The summed E-state index contributed by atoms with van der Waals surface area (Å²) >= 11 is 0. The summed E-state index contributed by atoms with van der Waals surface area (Å²) in [4.78, 5) is 24.1. The Morgan fingerprint density at radius 1 is 1.60 bits per heavy atom. The number of likely N-dealkylation sites (tertiary alicyclic amines) is 1. The summed E-state index contributed by atoms with van der Waals surface area (Å²) in [6.07, 6.45) is 2.21. The Labute approximate surface area is 89.4 Å². The van der Waals surface area contributed by atoms with E-state index in [1.807, 2.05) is 7.05 Å². The number of hydrogen-bond donors (Lipinski definition) is 2. The highest BCUT2D eigenvalue weighted by Gasteiger charge is 2.24. The lowest BCUT2D eigenvalue weighted by Crippen LogP contribution is -2.41. The van der Waals surface area contributed by atoms with E-state index >= 15 is 0 Å². The Bertz CT molecular complexity index is 255. The van der Waals surface area contributed by atoms with Crippen molar-refractivity contribution in [3.63, 3.8) is 0 Å². The predicted octanol–water partition coefficient (Wildman–Crippen LogP) is -0.0825. The number of likely N-dealkylation sites (N-methyl/N-ethyl adjacent to an activating group) is 1. The van der Waals surface area contributed by atoms with Gasteiger partial charge in [-0.25, -0.2) is 0 Å². The number of nitrogens with zero attached hydrogens (tertiary/aromatic N) is 1. The molecule has 86 valence electrons. The molecule has 15 heavy (non-hydrogen) atoms. The Morgan fingerprint density at radius 2 is 2.27 bits per heavy atom. The molecule has 0 saturated carbocycles. The fourth-order valence-corrected chi connectivity index (χ4v) is 1.72. The van der Waals surface area contributed by atoms with E-state index in [2.05, 4.69) is 10.2 Å². The molecule has 2 N–H and O–H groups in total. The van der Waals surface area contributed by atoms with Crippen LogP contribution in [0.25, 0.3) is 0 Å². The van der Waals surface area contributed by atoms with Crippen LogP contribution in [0, 0.1) is 5.92 Å². The van der Waals surface area contributed by atoms with Gasteiger partial charge >= 0.3 is 5.97 Å². The van der Waals surface area contributed by atoms with E-state index in [9.17, 15) is 9.59 Å². The number of aliphatic carboxylic acids is 1. The molecule has 1 saturated heterocycles. The van der Waals surface area contributed by atoms with Crippen molar-refractivity contribution in [2.45, 2.75) is 25.8 Å². The van der Waals surface area contributed by atoms with Crippen molar-refractivity contribution in [3.8, 4) is 0 Å². The molecule has 1 rings (SSSR count). The zero-order valence-corrected chi connectivity index (χ0v) is 9.19. The second-order valence-electron chi connectivity index (χ2n) is 4.08. The quantitative estimate of drug-likeness (QED) is 0.642. The van der Waals surface area contributed by atoms with Gasteiger partial charge in [0.2, 0.25) is 5.91 Å². The second-order valence-corrected chi connectivity index (χ2v) is 4.08. The number of amides is 1. The fraction of sp³-hybridized carbons (Fsp3) is 0.800. The van der Waals surface area contributed by atoms with Crippen LogP contribution in [-0.2, 0) is 9.59 Å². The first-order valence-corrected chi connectivity index (χ1v) is 5.23. The Hall–Kier alpha value is -1.10. The molecular weight excluding hydrogens is 196 g/mol. The lowest BCUT2D eigenvalue weighted by Gasteiger charge is -2.20. The normalized spacial score (nSPS) is 23.7. The summed E-state index contributed by atoms with van der Waals surface area (Å²) < 4.78 is 0. The van der Waals surface area contributed by atoms with E-state index < -0.39 is 17.8 Å². The lowest BCUT2D eigenvalue weighted by molar-refractivity contribution is -0.146. The number of hydrogen-bond acceptors (Lipinski definition) is 3. The zero-order chi connectivity index (χ0) is 11.4. The van der Waals surface area contributed by atoms with Gasteiger partial charge in [-0.2, -0.15) is 0 Å². The number of carbonyl (C=O) groups is 2. The highest BCUT2D eigenvalue weighted by molar-refractivity contribution is 5.96. The number of nitrogens with one attached hydrogen (secondary N) is 1. The van der Waals surface area contributed by atoms with E-state index in [1.54, 1.807) is 0 Å². The molecule has 2 unspecified atom stereocenters. The van der Waals surface area contributed by atoms with Gasteiger partial charge in [-0.3, -0.25) is 9.59 Å². The molecule has 0 aromatic rings. The summed E-state index contributed by atoms with van der Waals surface area (Å²) in [5.41, 5.74) is 0. The first-order chi connectivity index (χ1) is 7.02. The molecule has 1 aliphatic heterocycles. The minimum Gasteiger partial charge on any atom is -0.481 e. The smallest absolute Gasteiger partial charge is 0.315 e. The van der Waals surface area contributed by atoms with E-state index in [0.29, 0.717) is 12.6 Å². The van der Waals surface area contributed by atoms with E-state index in [0.717, 1.165) is 19.4 Å². The van der Waals surface area contributed by atoms with Gasteiger partial charge in [0, 0.05) is 12.6 Å². The largest absolute Gasteiger partial charge is 0.481 e. The van der Waals surface area contributed by atoms with Crippen LogP contribution < -0.4 is 5.32 Å². The monoisotopic (exact) mass is 214 g/mol. The van der Waals surface area contributed by atoms with Crippen LogP contribution in [0.4, 0.5) is 0 Å². The molecule has 1 heterocycles. The molecule has 1 aliphatic rings. The first-order valence-electron chi connectivity index (χ1n) is 5.23. The summed E-state index contributed by atoms with van der Waals surface area (Å²) in [5.74, 6) is -2.44. The van der Waals surface area contributed by atoms with Crippen LogP contribution in [0.2, 0.25) is 0 Å². The third kappa shape index (κ3) is 3.20. The van der Waals surface area contributed by atoms with Crippen LogP contribution in [0.5, 0.6) is 0 Å². The Morgan fingerprint density at radius 3 is 2.73 bits per heavy atom. The maximum Gasteiger partial charge on any atom is 0.315 e. The molecule has 5 heteroatoms. The highest BCUT2D eigenvalue weighted by atomic mass is 16.4. The number of carboxylic acid groups (broad SMARTS) is 1. The molecular formula is C10H18N2O3. The molecule has 5 nitrogen and oxygen atoms in total. The third-order valence-electron chi connectivity index (χ3n) is 2.95. The minimum absolute atomic E-state index is 0.356. The van der Waals surface area contributed by atoms with Crippen LogP contribution in [-0.4, -0.2) is 48.1 Å². The molecule has 0 bridgehead atoms. The Balaban J connectivity index is 2.30. The molecule has 0 aromatic carbocycles. The van der Waals surface area contributed by atoms with Crippen LogP contribution >= 0.6 is 0 Å². The zero-order valence-electron chi connectivity index (χ0n) is 9.19. The van der Waals surface area contributed by atoms with Crippen LogP contribution in [0.15, 0.2) is 0 Å². The number of carboxylic acids is 1. The van der Waals surface area contributed by atoms with Crippen molar-refractivity contribution in [2.24, 2.45) is 5.92 Å². The Kier molecular flexibility index (Phi) is 4.08. The summed E-state index contributed by atoms with van der Waals surface area (Å²) in [6, 6.07) is 0.356. The molecule has 0 aromatic heterocycles. The van der Waals surface area contributed by atoms with Crippen molar-refractivity contribution in [2.75, 3.05) is 20.1 Å². The molecule has 1 amide bonds. The molecule has 0 radical (unpaired) electrons. The van der Waals surface area contributed by atoms with Crippen molar-refractivity contribution in [1.29, 1.82) is 0 Å². The van der Waals surface area contributed by atoms with Crippen LogP contribution in [0.1, 0.15) is 19.8 Å². The number of carbonyl (C=O) groups excluding carboxylic acids is 1. The molecule has 0 aliphatic carbocycles. The standard InChI is InChI=1S/C10H18N2O3/c1-7(10(14)15)9(13)11-6-8-4-3-5-12(8)2/h7-8H,3-6H2,1-2H3,(H,11,13)(H,14,15). The molecule has 0 spiro atoms. The van der Waals surface area contributed by atoms with Gasteiger partial charge < -0.3 is 15.3 Å². The van der Waals surface area contributed by atoms with Gasteiger partial charge in [0.1, 0.15) is 5.92 Å². The third-order valence-corrected chi connectivity index (χ3v) is 2.95. The van der Waals surface area contributed by atoms with Gasteiger partial charge in [0.25, 0.3) is 0 Å². The minimum atomic E-state index is -1.08. The molecule has 1 fully saturated rings. The summed E-state index contributed by atoms with van der Waals surface area (Å²) in [5, 5.41) is 11.3. The van der Waals surface area contributed by atoms with Crippen molar-refractivity contribution >= 4 is 11.9 Å². The van der Waals surface area contributed by atoms with Gasteiger partial charge in [-0.05, 0) is 33.4 Å². The van der Waals surface area contributed by atoms with Gasteiger partial charge in [-0.1, -0.05) is 0 Å². The average molecular weight is 214 g/mol. The predicted molar refractivity (Wildman–Crippen MR) is 55.5 cm³/mol.